The lowest BCUT2D eigenvalue weighted by molar-refractivity contribution is -0.134. The molecule has 2 amide bonds. The van der Waals surface area contributed by atoms with Crippen molar-refractivity contribution < 1.29 is 9.59 Å². The SMILES string of the molecule is CC1CC=C(C2C=CC(=O)N(CC(=O)Nc3ccc4ncccc4c3)N2)CC1. The van der Waals surface area contributed by atoms with Crippen LogP contribution in [0.15, 0.2) is 60.3 Å². The van der Waals surface area contributed by atoms with Crippen molar-refractivity contribution in [2.24, 2.45) is 5.92 Å². The fourth-order valence-corrected chi connectivity index (χ4v) is 3.64. The van der Waals surface area contributed by atoms with Crippen LogP contribution in [-0.2, 0) is 9.59 Å². The molecular weight excluding hydrogens is 352 g/mol. The molecule has 1 aliphatic heterocycles. The Kier molecular flexibility index (Phi) is 5.21. The summed E-state index contributed by atoms with van der Waals surface area (Å²) in [5.74, 6) is 0.250. The summed E-state index contributed by atoms with van der Waals surface area (Å²) in [6.07, 6.45) is 10.7. The molecule has 0 bridgehead atoms. The second kappa shape index (κ2) is 7.94. The van der Waals surface area contributed by atoms with Crippen LogP contribution in [0.2, 0.25) is 0 Å². The van der Waals surface area contributed by atoms with Crippen LogP contribution in [0.5, 0.6) is 0 Å². The van der Waals surface area contributed by atoms with E-state index in [-0.39, 0.29) is 24.4 Å². The van der Waals surface area contributed by atoms with E-state index in [2.05, 4.69) is 28.7 Å². The first-order valence-corrected chi connectivity index (χ1v) is 9.68. The average Bonchev–Trinajstić information content (AvgIpc) is 2.70. The Morgan fingerprint density at radius 3 is 3.07 bits per heavy atom. The number of nitrogens with zero attached hydrogens (tertiary/aromatic N) is 2. The van der Waals surface area contributed by atoms with Crippen LogP contribution in [0.25, 0.3) is 10.9 Å². The summed E-state index contributed by atoms with van der Waals surface area (Å²) in [6.45, 7) is 2.20. The molecule has 0 saturated carbocycles. The smallest absolute Gasteiger partial charge is 0.260 e. The van der Waals surface area contributed by atoms with Gasteiger partial charge in [0.1, 0.15) is 6.54 Å². The second-order valence-electron chi connectivity index (χ2n) is 7.51. The van der Waals surface area contributed by atoms with E-state index < -0.39 is 0 Å². The van der Waals surface area contributed by atoms with E-state index in [1.807, 2.05) is 36.4 Å². The van der Waals surface area contributed by atoms with E-state index in [0.717, 1.165) is 30.2 Å². The fourth-order valence-electron chi connectivity index (χ4n) is 3.64. The van der Waals surface area contributed by atoms with Gasteiger partial charge in [0.25, 0.3) is 5.91 Å². The minimum atomic E-state index is -0.246. The van der Waals surface area contributed by atoms with E-state index in [1.54, 1.807) is 12.3 Å². The Morgan fingerprint density at radius 1 is 1.36 bits per heavy atom. The average molecular weight is 376 g/mol. The summed E-state index contributed by atoms with van der Waals surface area (Å²) in [5, 5.41) is 5.21. The summed E-state index contributed by atoms with van der Waals surface area (Å²) in [6, 6.07) is 9.34. The van der Waals surface area contributed by atoms with Crippen molar-refractivity contribution in [2.45, 2.75) is 32.2 Å². The second-order valence-corrected chi connectivity index (χ2v) is 7.51. The largest absolute Gasteiger partial charge is 0.324 e. The molecule has 2 heterocycles. The van der Waals surface area contributed by atoms with Crippen LogP contribution < -0.4 is 10.7 Å². The summed E-state index contributed by atoms with van der Waals surface area (Å²) in [4.78, 5) is 29.0. The Bertz CT molecular complexity index is 966. The van der Waals surface area contributed by atoms with Gasteiger partial charge < -0.3 is 5.32 Å². The minimum Gasteiger partial charge on any atom is -0.324 e. The topological polar surface area (TPSA) is 74.3 Å². The Hall–Kier alpha value is -2.99. The molecule has 6 heteroatoms. The number of amides is 2. The maximum atomic E-state index is 12.5. The van der Waals surface area contributed by atoms with Gasteiger partial charge in [-0.05, 0) is 49.4 Å². The van der Waals surface area contributed by atoms with Crippen molar-refractivity contribution in [3.8, 4) is 0 Å². The highest BCUT2D eigenvalue weighted by atomic mass is 16.2. The summed E-state index contributed by atoms with van der Waals surface area (Å²) in [5.41, 5.74) is 6.04. The first kappa shape index (κ1) is 18.4. The van der Waals surface area contributed by atoms with Gasteiger partial charge in [0.2, 0.25) is 5.91 Å². The van der Waals surface area contributed by atoms with Crippen molar-refractivity contribution in [1.29, 1.82) is 0 Å². The summed E-state index contributed by atoms with van der Waals surface area (Å²) < 4.78 is 0. The third kappa shape index (κ3) is 4.12. The summed E-state index contributed by atoms with van der Waals surface area (Å²) >= 11 is 0. The lowest BCUT2D eigenvalue weighted by Gasteiger charge is -2.32. The molecule has 28 heavy (non-hydrogen) atoms. The predicted octanol–water partition coefficient (Wildman–Crippen LogP) is 3.19. The van der Waals surface area contributed by atoms with Gasteiger partial charge in [0.15, 0.2) is 0 Å². The van der Waals surface area contributed by atoms with Crippen LogP contribution >= 0.6 is 0 Å². The highest BCUT2D eigenvalue weighted by Gasteiger charge is 2.26. The number of hydrazine groups is 1. The van der Waals surface area contributed by atoms with Gasteiger partial charge in [-0.1, -0.05) is 30.7 Å². The van der Waals surface area contributed by atoms with Gasteiger partial charge in [-0.25, -0.2) is 5.43 Å². The molecule has 1 aromatic carbocycles. The lowest BCUT2D eigenvalue weighted by Crippen LogP contribution is -2.53. The van der Waals surface area contributed by atoms with Gasteiger partial charge in [0.05, 0.1) is 11.6 Å². The van der Waals surface area contributed by atoms with Gasteiger partial charge in [-0.3, -0.25) is 19.6 Å². The number of hydrogen-bond acceptors (Lipinski definition) is 4. The van der Waals surface area contributed by atoms with Crippen LogP contribution in [-0.4, -0.2) is 34.4 Å². The third-order valence-electron chi connectivity index (χ3n) is 5.29. The molecule has 144 valence electrons. The molecule has 1 aromatic heterocycles. The molecule has 4 rings (SSSR count). The monoisotopic (exact) mass is 376 g/mol. The molecule has 2 aromatic rings. The van der Waals surface area contributed by atoms with Crippen LogP contribution in [0, 0.1) is 5.92 Å². The molecule has 0 radical (unpaired) electrons. The minimum absolute atomic E-state index is 0.0234. The van der Waals surface area contributed by atoms with Crippen molar-refractivity contribution in [2.75, 3.05) is 11.9 Å². The van der Waals surface area contributed by atoms with E-state index in [0.29, 0.717) is 11.6 Å². The van der Waals surface area contributed by atoms with Gasteiger partial charge in [0, 0.05) is 23.3 Å². The lowest BCUT2D eigenvalue weighted by atomic mass is 9.87. The molecular formula is C22H24N4O2. The highest BCUT2D eigenvalue weighted by Crippen LogP contribution is 2.26. The molecule has 0 spiro atoms. The molecule has 0 fully saturated rings. The number of hydrogen-bond donors (Lipinski definition) is 2. The van der Waals surface area contributed by atoms with Crippen molar-refractivity contribution in [1.82, 2.24) is 15.4 Å². The van der Waals surface area contributed by atoms with Crippen molar-refractivity contribution >= 4 is 28.4 Å². The zero-order chi connectivity index (χ0) is 19.5. The molecule has 2 aliphatic rings. The van der Waals surface area contributed by atoms with E-state index in [1.165, 1.54) is 10.6 Å². The molecule has 6 nitrogen and oxygen atoms in total. The first-order chi connectivity index (χ1) is 13.6. The number of pyridine rings is 1. The number of benzene rings is 1. The number of allylic oxidation sites excluding steroid dienone is 1. The Balaban J connectivity index is 1.40. The highest BCUT2D eigenvalue weighted by molar-refractivity contribution is 5.98. The van der Waals surface area contributed by atoms with Crippen molar-refractivity contribution in [3.05, 3.63) is 60.3 Å². The predicted molar refractivity (Wildman–Crippen MR) is 109 cm³/mol. The summed E-state index contributed by atoms with van der Waals surface area (Å²) in [7, 11) is 0. The Labute approximate surface area is 164 Å². The van der Waals surface area contributed by atoms with Gasteiger partial charge in [-0.15, -0.1) is 0 Å². The molecule has 0 saturated heterocycles. The quantitative estimate of drug-likeness (QED) is 0.804. The number of anilines is 1. The number of aromatic nitrogens is 1. The molecule has 1 aliphatic carbocycles. The third-order valence-corrected chi connectivity index (χ3v) is 5.29. The number of carbonyl (C=O) groups excluding carboxylic acids is 2. The zero-order valence-electron chi connectivity index (χ0n) is 15.9. The van der Waals surface area contributed by atoms with Crippen LogP contribution in [0.3, 0.4) is 0 Å². The van der Waals surface area contributed by atoms with E-state index in [4.69, 9.17) is 0 Å². The van der Waals surface area contributed by atoms with E-state index >= 15 is 0 Å². The molecule has 2 unspecified atom stereocenters. The maximum absolute atomic E-state index is 12.5. The molecule has 2 N–H and O–H groups in total. The maximum Gasteiger partial charge on any atom is 0.260 e. The van der Waals surface area contributed by atoms with Crippen molar-refractivity contribution in [3.63, 3.8) is 0 Å². The van der Waals surface area contributed by atoms with Crippen LogP contribution in [0.4, 0.5) is 5.69 Å². The Morgan fingerprint density at radius 2 is 2.25 bits per heavy atom. The fraction of sp³-hybridized carbons (Fsp3) is 0.318. The molecule has 2 atom stereocenters. The number of fused-ring (bicyclic) bond motifs is 1. The number of rotatable bonds is 4. The van der Waals surface area contributed by atoms with Gasteiger partial charge >= 0.3 is 0 Å². The standard InChI is InChI=1S/C22H24N4O2/c1-15-4-6-16(7-5-15)20-10-11-22(28)26(25-20)14-21(27)24-18-8-9-19-17(13-18)3-2-12-23-19/h2-3,6,8-13,15,20,25H,4-5,7,14H2,1H3,(H,24,27). The number of carbonyl (C=O) groups is 2. The zero-order valence-corrected chi connectivity index (χ0v) is 15.9. The first-order valence-electron chi connectivity index (χ1n) is 9.68. The van der Waals surface area contributed by atoms with Gasteiger partial charge in [-0.2, -0.15) is 0 Å². The number of nitrogens with one attached hydrogen (secondary N) is 2. The van der Waals surface area contributed by atoms with E-state index in [9.17, 15) is 9.59 Å². The van der Waals surface area contributed by atoms with Crippen LogP contribution in [0.1, 0.15) is 26.2 Å². The normalized spacial score (nSPS) is 22.2.